The first-order valence-electron chi connectivity index (χ1n) is 10.9. The molecule has 6 heteroatoms. The molecule has 30 heavy (non-hydrogen) atoms. The van der Waals surface area contributed by atoms with E-state index in [-0.39, 0.29) is 0 Å². The summed E-state index contributed by atoms with van der Waals surface area (Å²) in [6, 6.07) is 4.28. The second kappa shape index (κ2) is 8.19. The Bertz CT molecular complexity index is 1050. The summed E-state index contributed by atoms with van der Waals surface area (Å²) in [6.07, 6.45) is 12.6. The molecule has 0 amide bonds. The zero-order valence-corrected chi connectivity index (χ0v) is 17.7. The number of anilines is 1. The molecule has 1 aliphatic heterocycles. The summed E-state index contributed by atoms with van der Waals surface area (Å²) in [5.74, 6) is 2.70. The molecule has 1 N–H and O–H groups in total. The molecule has 6 nitrogen and oxygen atoms in total. The van der Waals surface area contributed by atoms with Crippen LogP contribution in [-0.4, -0.2) is 36.0 Å². The molecule has 0 saturated carbocycles. The minimum Gasteiger partial charge on any atom is -0.494 e. The molecule has 2 aromatic heterocycles. The van der Waals surface area contributed by atoms with Gasteiger partial charge in [0.25, 0.3) is 0 Å². The fourth-order valence-electron chi connectivity index (χ4n) is 4.72. The van der Waals surface area contributed by atoms with Crippen LogP contribution in [0.15, 0.2) is 47.6 Å². The van der Waals surface area contributed by atoms with E-state index >= 15 is 0 Å². The second-order valence-corrected chi connectivity index (χ2v) is 8.20. The minimum absolute atomic E-state index is 0.362. The van der Waals surface area contributed by atoms with Gasteiger partial charge in [-0.1, -0.05) is 0 Å². The van der Waals surface area contributed by atoms with Crippen LogP contribution < -0.4 is 5.32 Å². The van der Waals surface area contributed by atoms with Gasteiger partial charge in [-0.3, -0.25) is 0 Å². The predicted molar refractivity (Wildman–Crippen MR) is 117 cm³/mol. The normalized spacial score (nSPS) is 21.5. The number of nitrogens with one attached hydrogen (secondary N) is 1. The van der Waals surface area contributed by atoms with Gasteiger partial charge >= 0.3 is 0 Å². The predicted octanol–water partition coefficient (Wildman–Crippen LogP) is 4.37. The van der Waals surface area contributed by atoms with Gasteiger partial charge in [0.15, 0.2) is 0 Å². The molecule has 2 aliphatic carbocycles. The number of pyridine rings is 1. The summed E-state index contributed by atoms with van der Waals surface area (Å²) < 4.78 is 19.4. The Morgan fingerprint density at radius 1 is 1.10 bits per heavy atom. The molecule has 1 unspecified atom stereocenters. The average Bonchev–Trinajstić information content (AvgIpc) is 2.94. The zero-order chi connectivity index (χ0) is 20.5. The van der Waals surface area contributed by atoms with Gasteiger partial charge in [0.1, 0.15) is 36.2 Å². The summed E-state index contributed by atoms with van der Waals surface area (Å²) in [6.45, 7) is 1.18. The monoisotopic (exact) mass is 407 g/mol. The molecule has 158 valence electrons. The summed E-state index contributed by atoms with van der Waals surface area (Å²) >= 11 is 0. The van der Waals surface area contributed by atoms with Crippen LogP contribution in [0.1, 0.15) is 36.9 Å². The van der Waals surface area contributed by atoms with Crippen LogP contribution in [0, 0.1) is 0 Å². The van der Waals surface area contributed by atoms with E-state index in [2.05, 4.69) is 29.1 Å². The van der Waals surface area contributed by atoms with Crippen molar-refractivity contribution in [1.29, 1.82) is 0 Å². The number of nitrogens with zero attached hydrogens (tertiary/aromatic N) is 2. The highest BCUT2D eigenvalue weighted by Crippen LogP contribution is 2.31. The summed E-state index contributed by atoms with van der Waals surface area (Å²) in [5.41, 5.74) is 4.84. The van der Waals surface area contributed by atoms with Crippen molar-refractivity contribution < 1.29 is 14.2 Å². The number of aryl methyl sites for hydroxylation is 2. The first kappa shape index (κ1) is 19.2. The maximum absolute atomic E-state index is 5.79. The molecular formula is C24H29N3O3. The number of rotatable bonds is 3. The van der Waals surface area contributed by atoms with Crippen LogP contribution in [0.2, 0.25) is 0 Å². The SMILES string of the molecule is COC1CCCc2c(c3ccc(NC4=CC=C5CC(=C4)OCCO5)nc3n2C)CC1. The topological polar surface area (TPSA) is 57.5 Å². The number of allylic oxidation sites excluding steroid dienone is 3. The zero-order valence-electron chi connectivity index (χ0n) is 17.7. The molecule has 5 rings (SSSR count). The van der Waals surface area contributed by atoms with Crippen molar-refractivity contribution in [3.8, 4) is 0 Å². The third-order valence-corrected chi connectivity index (χ3v) is 6.30. The number of methoxy groups -OCH3 is 1. The van der Waals surface area contributed by atoms with Crippen molar-refractivity contribution in [3.05, 3.63) is 58.8 Å². The molecule has 0 radical (unpaired) electrons. The van der Waals surface area contributed by atoms with E-state index in [0.717, 1.165) is 60.8 Å². The molecule has 1 atom stereocenters. The maximum Gasteiger partial charge on any atom is 0.142 e. The van der Waals surface area contributed by atoms with Crippen molar-refractivity contribution in [2.45, 2.75) is 44.6 Å². The van der Waals surface area contributed by atoms with E-state index in [9.17, 15) is 0 Å². The minimum atomic E-state index is 0.362. The van der Waals surface area contributed by atoms with Gasteiger partial charge in [-0.2, -0.15) is 0 Å². The highest BCUT2D eigenvalue weighted by molar-refractivity contribution is 5.84. The molecule has 0 aromatic carbocycles. The Labute approximate surface area is 177 Å². The molecule has 0 spiro atoms. The fraction of sp³-hybridized carbons (Fsp3) is 0.458. The molecule has 2 bridgehead atoms. The van der Waals surface area contributed by atoms with E-state index in [1.807, 2.05) is 25.3 Å². The Hall–Kier alpha value is -2.73. The van der Waals surface area contributed by atoms with E-state index in [1.165, 1.54) is 16.6 Å². The summed E-state index contributed by atoms with van der Waals surface area (Å²) in [4.78, 5) is 4.97. The van der Waals surface area contributed by atoms with Gasteiger partial charge in [0, 0.05) is 30.9 Å². The third-order valence-electron chi connectivity index (χ3n) is 6.30. The van der Waals surface area contributed by atoms with Crippen molar-refractivity contribution in [2.75, 3.05) is 25.6 Å². The smallest absolute Gasteiger partial charge is 0.142 e. The van der Waals surface area contributed by atoms with Gasteiger partial charge in [-0.15, -0.1) is 0 Å². The Balaban J connectivity index is 1.45. The van der Waals surface area contributed by atoms with Crippen LogP contribution in [0.4, 0.5) is 5.82 Å². The lowest BCUT2D eigenvalue weighted by Crippen LogP contribution is -2.15. The van der Waals surface area contributed by atoms with Crippen LogP contribution in [-0.2, 0) is 34.1 Å². The molecule has 1 saturated heterocycles. The number of ether oxygens (including phenoxy) is 3. The molecule has 3 heterocycles. The molecule has 3 aliphatic rings. The van der Waals surface area contributed by atoms with Crippen molar-refractivity contribution in [3.63, 3.8) is 0 Å². The maximum atomic E-state index is 5.79. The largest absolute Gasteiger partial charge is 0.494 e. The lowest BCUT2D eigenvalue weighted by molar-refractivity contribution is 0.0852. The van der Waals surface area contributed by atoms with Crippen LogP contribution in [0.3, 0.4) is 0 Å². The number of hydrogen-bond acceptors (Lipinski definition) is 5. The summed E-state index contributed by atoms with van der Waals surface area (Å²) in [5, 5.41) is 4.71. The quantitative estimate of drug-likeness (QED) is 0.819. The van der Waals surface area contributed by atoms with E-state index < -0.39 is 0 Å². The molecular weight excluding hydrogens is 378 g/mol. The standard InChI is InChI=1S/C24H29N3O3/c1-27-22-5-3-4-17(28-2)8-9-20(22)21-10-11-23(26-24(21)27)25-16-6-7-18-15-19(14-16)30-13-12-29-18/h6-7,10-11,14,17H,3-5,8-9,12-13,15H2,1-2H3,(H,25,26). The average molecular weight is 408 g/mol. The van der Waals surface area contributed by atoms with Gasteiger partial charge in [0.2, 0.25) is 0 Å². The van der Waals surface area contributed by atoms with Gasteiger partial charge in [0.05, 0.1) is 12.5 Å². The van der Waals surface area contributed by atoms with Gasteiger partial charge in [-0.25, -0.2) is 4.98 Å². The van der Waals surface area contributed by atoms with E-state index in [1.54, 1.807) is 0 Å². The van der Waals surface area contributed by atoms with Gasteiger partial charge in [-0.05, 0) is 68.0 Å². The van der Waals surface area contributed by atoms with E-state index in [4.69, 9.17) is 19.2 Å². The van der Waals surface area contributed by atoms with Crippen molar-refractivity contribution >= 4 is 16.9 Å². The first-order chi connectivity index (χ1) is 14.7. The fourth-order valence-corrected chi connectivity index (χ4v) is 4.72. The Kier molecular flexibility index (Phi) is 5.25. The number of aromatic nitrogens is 2. The van der Waals surface area contributed by atoms with Gasteiger partial charge < -0.3 is 24.1 Å². The lowest BCUT2D eigenvalue weighted by Gasteiger charge is -2.19. The number of fused-ring (bicyclic) bond motifs is 5. The number of hydrogen-bond donors (Lipinski definition) is 1. The van der Waals surface area contributed by atoms with Crippen LogP contribution in [0.5, 0.6) is 0 Å². The second-order valence-electron chi connectivity index (χ2n) is 8.20. The third kappa shape index (κ3) is 3.72. The lowest BCUT2D eigenvalue weighted by atomic mass is 9.95. The molecule has 1 fully saturated rings. The van der Waals surface area contributed by atoms with Crippen LogP contribution in [0.25, 0.3) is 11.0 Å². The van der Waals surface area contributed by atoms with E-state index in [0.29, 0.717) is 25.7 Å². The highest BCUT2D eigenvalue weighted by Gasteiger charge is 2.21. The Morgan fingerprint density at radius 2 is 1.97 bits per heavy atom. The molecule has 2 aromatic rings. The van der Waals surface area contributed by atoms with Crippen molar-refractivity contribution in [2.24, 2.45) is 7.05 Å². The van der Waals surface area contributed by atoms with Crippen LogP contribution >= 0.6 is 0 Å². The first-order valence-corrected chi connectivity index (χ1v) is 10.9. The summed E-state index contributed by atoms with van der Waals surface area (Å²) in [7, 11) is 3.97. The Morgan fingerprint density at radius 3 is 2.83 bits per heavy atom. The highest BCUT2D eigenvalue weighted by atomic mass is 16.5. The van der Waals surface area contributed by atoms with Crippen molar-refractivity contribution in [1.82, 2.24) is 9.55 Å².